The molecule has 14 heavy (non-hydrogen) atoms. The molecule has 0 atom stereocenters. The van der Waals surface area contributed by atoms with Crippen LogP contribution in [0.25, 0.3) is 0 Å². The summed E-state index contributed by atoms with van der Waals surface area (Å²) in [5.74, 6) is -0.00119. The quantitative estimate of drug-likeness (QED) is 0.761. The summed E-state index contributed by atoms with van der Waals surface area (Å²) >= 11 is 11.8. The molecule has 2 nitrogen and oxygen atoms in total. The molecule has 0 spiro atoms. The number of phenolic OH excluding ortho intramolecular Hbond substituents is 1. The molecular weight excluding hydrogens is 221 g/mol. The first-order valence-corrected chi connectivity index (χ1v) is 5.03. The second-order valence-corrected chi connectivity index (χ2v) is 3.71. The van der Waals surface area contributed by atoms with Gasteiger partial charge >= 0.3 is 0 Å². The molecule has 0 aliphatic carbocycles. The van der Waals surface area contributed by atoms with Crippen molar-refractivity contribution in [3.05, 3.63) is 22.2 Å². The van der Waals surface area contributed by atoms with Crippen molar-refractivity contribution in [2.24, 2.45) is 4.99 Å². The van der Waals surface area contributed by atoms with Gasteiger partial charge in [0.05, 0.1) is 5.02 Å². The van der Waals surface area contributed by atoms with Crippen LogP contribution in [0, 0.1) is 0 Å². The predicted molar refractivity (Wildman–Crippen MR) is 61.2 cm³/mol. The molecule has 0 aromatic heterocycles. The van der Waals surface area contributed by atoms with Gasteiger partial charge in [-0.15, -0.1) is 0 Å². The average molecular weight is 232 g/mol. The van der Waals surface area contributed by atoms with Gasteiger partial charge in [0.25, 0.3) is 0 Å². The third-order valence-electron chi connectivity index (χ3n) is 1.86. The lowest BCUT2D eigenvalue weighted by Crippen LogP contribution is -1.86. The Labute approximate surface area is 93.2 Å². The SMILES string of the molecule is CCC(C)=Nc1c(Cl)ccc(O)c1Cl. The van der Waals surface area contributed by atoms with E-state index in [4.69, 9.17) is 23.2 Å². The Bertz CT molecular complexity index is 375. The fourth-order valence-corrected chi connectivity index (χ4v) is 1.36. The number of rotatable bonds is 2. The molecule has 1 rings (SSSR count). The molecule has 0 amide bonds. The summed E-state index contributed by atoms with van der Waals surface area (Å²) in [6.45, 7) is 3.88. The number of nitrogens with zero attached hydrogens (tertiary/aromatic N) is 1. The number of aliphatic imine (C=N–C) groups is 1. The minimum atomic E-state index is -0.00119. The van der Waals surface area contributed by atoms with Crippen molar-refractivity contribution in [3.8, 4) is 5.75 Å². The highest BCUT2D eigenvalue weighted by atomic mass is 35.5. The molecule has 0 fully saturated rings. The normalized spacial score (nSPS) is 11.9. The second kappa shape index (κ2) is 4.67. The van der Waals surface area contributed by atoms with Gasteiger partial charge in [-0.2, -0.15) is 0 Å². The molecule has 0 bridgehead atoms. The minimum absolute atomic E-state index is 0.00119. The highest BCUT2D eigenvalue weighted by molar-refractivity contribution is 6.39. The van der Waals surface area contributed by atoms with Gasteiger partial charge in [-0.25, -0.2) is 0 Å². The average Bonchev–Trinajstić information content (AvgIpc) is 2.18. The smallest absolute Gasteiger partial charge is 0.136 e. The minimum Gasteiger partial charge on any atom is -0.506 e. The fraction of sp³-hybridized carbons (Fsp3) is 0.300. The zero-order chi connectivity index (χ0) is 10.7. The van der Waals surface area contributed by atoms with E-state index in [9.17, 15) is 5.11 Å². The van der Waals surface area contributed by atoms with E-state index >= 15 is 0 Å². The topological polar surface area (TPSA) is 32.6 Å². The van der Waals surface area contributed by atoms with E-state index in [2.05, 4.69) is 4.99 Å². The van der Waals surface area contributed by atoms with E-state index < -0.39 is 0 Å². The summed E-state index contributed by atoms with van der Waals surface area (Å²) in [6, 6.07) is 3.02. The van der Waals surface area contributed by atoms with Crippen LogP contribution in [0.3, 0.4) is 0 Å². The number of benzene rings is 1. The van der Waals surface area contributed by atoms with Gasteiger partial charge < -0.3 is 5.11 Å². The standard InChI is InChI=1S/C10H11Cl2NO/c1-3-6(2)13-10-7(11)4-5-8(14)9(10)12/h4-5,14H,3H2,1-2H3. The van der Waals surface area contributed by atoms with Crippen LogP contribution in [0.1, 0.15) is 20.3 Å². The van der Waals surface area contributed by atoms with Crippen LogP contribution < -0.4 is 0 Å². The number of phenols is 1. The Morgan fingerprint density at radius 1 is 1.43 bits per heavy atom. The third-order valence-corrected chi connectivity index (χ3v) is 2.54. The van der Waals surface area contributed by atoms with Crippen LogP contribution in [-0.2, 0) is 0 Å². The molecule has 0 unspecified atom stereocenters. The van der Waals surface area contributed by atoms with Crippen molar-refractivity contribution in [3.63, 3.8) is 0 Å². The van der Waals surface area contributed by atoms with Crippen LogP contribution in [0.4, 0.5) is 5.69 Å². The number of halogens is 2. The summed E-state index contributed by atoms with van der Waals surface area (Å²) in [7, 11) is 0. The lowest BCUT2D eigenvalue weighted by Gasteiger charge is -2.04. The molecule has 1 N–H and O–H groups in total. The second-order valence-electron chi connectivity index (χ2n) is 2.93. The van der Waals surface area contributed by atoms with Gasteiger partial charge in [0.15, 0.2) is 0 Å². The molecule has 4 heteroatoms. The van der Waals surface area contributed by atoms with Gasteiger partial charge in [-0.05, 0) is 25.5 Å². The maximum Gasteiger partial charge on any atom is 0.136 e. The largest absolute Gasteiger partial charge is 0.506 e. The van der Waals surface area contributed by atoms with Crippen LogP contribution in [0.2, 0.25) is 10.0 Å². The highest BCUT2D eigenvalue weighted by Gasteiger charge is 2.08. The molecule has 1 aromatic rings. The Balaban J connectivity index is 3.26. The monoisotopic (exact) mass is 231 g/mol. The van der Waals surface area contributed by atoms with Crippen LogP contribution in [0.15, 0.2) is 17.1 Å². The Hall–Kier alpha value is -0.730. The van der Waals surface area contributed by atoms with Gasteiger partial charge in [-0.3, -0.25) is 4.99 Å². The third kappa shape index (κ3) is 2.40. The van der Waals surface area contributed by atoms with E-state index in [1.54, 1.807) is 6.07 Å². The summed E-state index contributed by atoms with van der Waals surface area (Å²) in [4.78, 5) is 4.23. The number of hydrogen-bond acceptors (Lipinski definition) is 2. The Kier molecular flexibility index (Phi) is 3.78. The van der Waals surface area contributed by atoms with E-state index in [0.717, 1.165) is 12.1 Å². The first-order valence-electron chi connectivity index (χ1n) is 4.27. The lowest BCUT2D eigenvalue weighted by atomic mass is 10.2. The fourth-order valence-electron chi connectivity index (χ4n) is 0.903. The van der Waals surface area contributed by atoms with Gasteiger partial charge in [0.2, 0.25) is 0 Å². The van der Waals surface area contributed by atoms with Crippen LogP contribution in [-0.4, -0.2) is 10.8 Å². The van der Waals surface area contributed by atoms with Crippen molar-refractivity contribution in [1.29, 1.82) is 0 Å². The molecule has 0 aliphatic heterocycles. The lowest BCUT2D eigenvalue weighted by molar-refractivity contribution is 0.476. The summed E-state index contributed by atoms with van der Waals surface area (Å²) in [5.41, 5.74) is 1.35. The zero-order valence-corrected chi connectivity index (χ0v) is 9.52. The molecule has 0 saturated carbocycles. The number of aromatic hydroxyl groups is 1. The van der Waals surface area contributed by atoms with Crippen LogP contribution in [0.5, 0.6) is 5.75 Å². The maximum absolute atomic E-state index is 9.35. The van der Waals surface area contributed by atoms with Gasteiger partial charge in [-0.1, -0.05) is 30.1 Å². The van der Waals surface area contributed by atoms with Gasteiger partial charge in [0, 0.05) is 5.71 Å². The molecule has 1 aromatic carbocycles. The van der Waals surface area contributed by atoms with Crippen molar-refractivity contribution < 1.29 is 5.11 Å². The van der Waals surface area contributed by atoms with Crippen molar-refractivity contribution in [1.82, 2.24) is 0 Å². The number of hydrogen-bond donors (Lipinski definition) is 1. The zero-order valence-electron chi connectivity index (χ0n) is 8.01. The first kappa shape index (κ1) is 11.3. The van der Waals surface area contributed by atoms with Crippen molar-refractivity contribution in [2.75, 3.05) is 0 Å². The predicted octanol–water partition coefficient (Wildman–Crippen LogP) is 4.20. The highest BCUT2D eigenvalue weighted by Crippen LogP contribution is 2.39. The molecule has 0 heterocycles. The summed E-state index contributed by atoms with van der Waals surface area (Å²) in [5, 5.41) is 9.99. The van der Waals surface area contributed by atoms with E-state index in [-0.39, 0.29) is 10.8 Å². The molecule has 76 valence electrons. The maximum atomic E-state index is 9.35. The molecular formula is C10H11Cl2NO. The van der Waals surface area contributed by atoms with E-state index in [0.29, 0.717) is 10.7 Å². The molecule has 0 saturated heterocycles. The summed E-state index contributed by atoms with van der Waals surface area (Å²) < 4.78 is 0. The van der Waals surface area contributed by atoms with Gasteiger partial charge in [0.1, 0.15) is 16.5 Å². The Morgan fingerprint density at radius 2 is 2.07 bits per heavy atom. The first-order chi connectivity index (χ1) is 6.56. The van der Waals surface area contributed by atoms with E-state index in [1.165, 1.54) is 6.07 Å². The molecule has 0 aliphatic rings. The summed E-state index contributed by atoms with van der Waals surface area (Å²) in [6.07, 6.45) is 0.822. The molecule has 0 radical (unpaired) electrons. The van der Waals surface area contributed by atoms with Crippen molar-refractivity contribution >= 4 is 34.6 Å². The van der Waals surface area contributed by atoms with E-state index in [1.807, 2.05) is 13.8 Å². The van der Waals surface area contributed by atoms with Crippen LogP contribution >= 0.6 is 23.2 Å². The Morgan fingerprint density at radius 3 is 2.64 bits per heavy atom. The van der Waals surface area contributed by atoms with Crippen molar-refractivity contribution in [2.45, 2.75) is 20.3 Å².